The molecule has 0 saturated heterocycles. The molecule has 2 aromatic rings. The lowest BCUT2D eigenvalue weighted by Gasteiger charge is -2.06. The zero-order valence-electron chi connectivity index (χ0n) is 11.5. The Labute approximate surface area is 132 Å². The summed E-state index contributed by atoms with van der Waals surface area (Å²) in [4.78, 5) is 0. The fourth-order valence-corrected chi connectivity index (χ4v) is 2.31. The Balaban J connectivity index is 1.69. The van der Waals surface area contributed by atoms with Crippen molar-refractivity contribution in [2.45, 2.75) is 6.54 Å². The molecule has 20 heavy (non-hydrogen) atoms. The molecule has 0 saturated carbocycles. The van der Waals surface area contributed by atoms with Crippen LogP contribution in [0.25, 0.3) is 10.9 Å². The molecular formula is C14H19IN2O3. The minimum atomic E-state index is 0.598. The Hall–Kier alpha value is -0.700. The Morgan fingerprint density at radius 3 is 2.65 bits per heavy atom. The van der Waals surface area contributed by atoms with Crippen LogP contribution in [0.2, 0.25) is 0 Å². The van der Waals surface area contributed by atoms with E-state index >= 15 is 0 Å². The highest BCUT2D eigenvalue weighted by Crippen LogP contribution is 2.16. The first-order valence-corrected chi connectivity index (χ1v) is 7.64. The first kappa shape index (κ1) is 15.7. The highest BCUT2D eigenvalue weighted by Gasteiger charge is 2.02. The fraction of sp³-hybridized carbons (Fsp3) is 0.500. The van der Waals surface area contributed by atoms with Gasteiger partial charge in [-0.1, -0.05) is 6.07 Å². The first-order chi connectivity index (χ1) is 9.81. The van der Waals surface area contributed by atoms with Crippen molar-refractivity contribution in [2.24, 2.45) is 0 Å². The van der Waals surface area contributed by atoms with E-state index in [-0.39, 0.29) is 0 Å². The summed E-state index contributed by atoms with van der Waals surface area (Å²) in [6.07, 6.45) is 1.89. The van der Waals surface area contributed by atoms with Gasteiger partial charge in [-0.25, -0.2) is 0 Å². The van der Waals surface area contributed by atoms with Crippen LogP contribution in [-0.2, 0) is 20.8 Å². The topological polar surface area (TPSA) is 45.5 Å². The van der Waals surface area contributed by atoms with E-state index in [2.05, 4.69) is 45.9 Å². The van der Waals surface area contributed by atoms with E-state index in [1.807, 2.05) is 10.9 Å². The standard InChI is InChI=1S/C14H19IN2O3/c1-18-6-7-20-9-8-19-5-4-17-14-10-13(15)3-2-12(14)11-16-17/h2-3,10-11H,4-9H2,1H3. The third-order valence-electron chi connectivity index (χ3n) is 2.86. The molecule has 0 atom stereocenters. The zero-order chi connectivity index (χ0) is 14.2. The van der Waals surface area contributed by atoms with Gasteiger partial charge in [0.15, 0.2) is 0 Å². The molecule has 5 nitrogen and oxygen atoms in total. The Bertz CT molecular complexity index is 530. The molecule has 1 aromatic carbocycles. The molecule has 0 bridgehead atoms. The number of nitrogens with zero attached hydrogens (tertiary/aromatic N) is 2. The summed E-state index contributed by atoms with van der Waals surface area (Å²) in [5, 5.41) is 5.54. The Morgan fingerprint density at radius 1 is 1.10 bits per heavy atom. The average Bonchev–Trinajstić information content (AvgIpc) is 2.84. The molecule has 0 aliphatic heterocycles. The molecule has 0 fully saturated rings. The smallest absolute Gasteiger partial charge is 0.0701 e. The summed E-state index contributed by atoms with van der Waals surface area (Å²) in [5.74, 6) is 0. The highest BCUT2D eigenvalue weighted by atomic mass is 127. The summed E-state index contributed by atoms with van der Waals surface area (Å²) in [5.41, 5.74) is 1.15. The van der Waals surface area contributed by atoms with Gasteiger partial charge in [0, 0.05) is 16.1 Å². The first-order valence-electron chi connectivity index (χ1n) is 6.57. The average molecular weight is 390 g/mol. The van der Waals surface area contributed by atoms with Gasteiger partial charge in [-0.3, -0.25) is 4.68 Å². The van der Waals surface area contributed by atoms with E-state index in [4.69, 9.17) is 14.2 Å². The maximum absolute atomic E-state index is 5.54. The van der Waals surface area contributed by atoms with Gasteiger partial charge in [-0.2, -0.15) is 5.10 Å². The van der Waals surface area contributed by atoms with Crippen molar-refractivity contribution in [1.82, 2.24) is 9.78 Å². The van der Waals surface area contributed by atoms with Gasteiger partial charge in [-0.05, 0) is 34.7 Å². The van der Waals surface area contributed by atoms with E-state index in [0.717, 1.165) is 17.4 Å². The van der Waals surface area contributed by atoms with Crippen molar-refractivity contribution < 1.29 is 14.2 Å². The highest BCUT2D eigenvalue weighted by molar-refractivity contribution is 14.1. The van der Waals surface area contributed by atoms with Crippen LogP contribution in [0.3, 0.4) is 0 Å². The van der Waals surface area contributed by atoms with Crippen molar-refractivity contribution in [1.29, 1.82) is 0 Å². The van der Waals surface area contributed by atoms with Crippen molar-refractivity contribution in [3.63, 3.8) is 0 Å². The maximum Gasteiger partial charge on any atom is 0.0701 e. The van der Waals surface area contributed by atoms with E-state index in [1.54, 1.807) is 7.11 Å². The number of aromatic nitrogens is 2. The lowest BCUT2D eigenvalue weighted by atomic mass is 10.3. The number of hydrogen-bond donors (Lipinski definition) is 0. The second-order valence-corrected chi connectivity index (χ2v) is 5.53. The number of halogens is 1. The zero-order valence-corrected chi connectivity index (χ0v) is 13.7. The maximum atomic E-state index is 5.54. The van der Waals surface area contributed by atoms with Gasteiger partial charge >= 0.3 is 0 Å². The summed E-state index contributed by atoms with van der Waals surface area (Å²) in [7, 11) is 1.66. The molecule has 0 unspecified atom stereocenters. The number of hydrogen-bond acceptors (Lipinski definition) is 4. The van der Waals surface area contributed by atoms with Crippen LogP contribution in [0, 0.1) is 3.57 Å². The van der Waals surface area contributed by atoms with Crippen LogP contribution in [-0.4, -0.2) is 49.9 Å². The fourth-order valence-electron chi connectivity index (χ4n) is 1.84. The summed E-state index contributed by atoms with van der Waals surface area (Å²) < 4.78 is 18.9. The molecule has 0 amide bonds. The largest absolute Gasteiger partial charge is 0.382 e. The predicted octanol–water partition coefficient (Wildman–Crippen LogP) is 2.32. The van der Waals surface area contributed by atoms with Crippen molar-refractivity contribution >= 4 is 33.5 Å². The van der Waals surface area contributed by atoms with E-state index in [1.165, 1.54) is 3.57 Å². The van der Waals surface area contributed by atoms with Crippen molar-refractivity contribution in [3.8, 4) is 0 Å². The van der Waals surface area contributed by atoms with Gasteiger partial charge in [0.05, 0.1) is 51.3 Å². The number of ether oxygens (including phenoxy) is 3. The van der Waals surface area contributed by atoms with Crippen LogP contribution in [0.4, 0.5) is 0 Å². The SMILES string of the molecule is COCCOCCOCCn1ncc2ccc(I)cc21. The predicted molar refractivity (Wildman–Crippen MR) is 86.0 cm³/mol. The molecule has 0 N–H and O–H groups in total. The van der Waals surface area contributed by atoms with Crippen LogP contribution < -0.4 is 0 Å². The van der Waals surface area contributed by atoms with E-state index < -0.39 is 0 Å². The monoisotopic (exact) mass is 390 g/mol. The molecule has 6 heteroatoms. The lowest BCUT2D eigenvalue weighted by Crippen LogP contribution is -2.12. The Kier molecular flexibility index (Phi) is 6.71. The molecule has 0 spiro atoms. The van der Waals surface area contributed by atoms with Gasteiger partial charge in [-0.15, -0.1) is 0 Å². The van der Waals surface area contributed by atoms with Crippen LogP contribution >= 0.6 is 22.6 Å². The third-order valence-corrected chi connectivity index (χ3v) is 3.53. The molecule has 1 aromatic heterocycles. The number of fused-ring (bicyclic) bond motifs is 1. The quantitative estimate of drug-likeness (QED) is 0.487. The molecule has 0 aliphatic carbocycles. The van der Waals surface area contributed by atoms with Crippen molar-refractivity contribution in [3.05, 3.63) is 28.0 Å². The lowest BCUT2D eigenvalue weighted by molar-refractivity contribution is 0.0227. The molecule has 0 radical (unpaired) electrons. The van der Waals surface area contributed by atoms with Gasteiger partial charge in [0.1, 0.15) is 0 Å². The van der Waals surface area contributed by atoms with E-state index in [0.29, 0.717) is 33.0 Å². The van der Waals surface area contributed by atoms with Crippen molar-refractivity contribution in [2.75, 3.05) is 40.1 Å². The van der Waals surface area contributed by atoms with Crippen LogP contribution in [0.15, 0.2) is 24.4 Å². The van der Waals surface area contributed by atoms with Gasteiger partial charge in [0.2, 0.25) is 0 Å². The number of rotatable bonds is 9. The minimum absolute atomic E-state index is 0.598. The van der Waals surface area contributed by atoms with Crippen LogP contribution in [0.1, 0.15) is 0 Å². The third kappa shape index (κ3) is 4.69. The van der Waals surface area contributed by atoms with Gasteiger partial charge < -0.3 is 14.2 Å². The van der Waals surface area contributed by atoms with Gasteiger partial charge in [0.25, 0.3) is 0 Å². The number of methoxy groups -OCH3 is 1. The van der Waals surface area contributed by atoms with Crippen LogP contribution in [0.5, 0.6) is 0 Å². The molecule has 0 aliphatic rings. The molecule has 1 heterocycles. The molecule has 110 valence electrons. The summed E-state index contributed by atoms with van der Waals surface area (Å²) in [6, 6.07) is 6.31. The summed E-state index contributed by atoms with van der Waals surface area (Å²) in [6.45, 7) is 3.82. The normalized spacial score (nSPS) is 11.3. The minimum Gasteiger partial charge on any atom is -0.382 e. The molecular weight excluding hydrogens is 371 g/mol. The van der Waals surface area contributed by atoms with E-state index in [9.17, 15) is 0 Å². The molecule has 2 rings (SSSR count). The Morgan fingerprint density at radius 2 is 1.85 bits per heavy atom. The second-order valence-electron chi connectivity index (χ2n) is 4.29. The number of benzene rings is 1. The second kappa shape index (κ2) is 8.56. The summed E-state index contributed by atoms with van der Waals surface area (Å²) >= 11 is 2.31.